The van der Waals surface area contributed by atoms with Crippen LogP contribution in [0.3, 0.4) is 0 Å². The molecule has 4 rings (SSSR count). The summed E-state index contributed by atoms with van der Waals surface area (Å²) in [5.74, 6) is -0.543. The van der Waals surface area contributed by atoms with Crippen molar-refractivity contribution in [1.82, 2.24) is 0 Å². The molecule has 1 nitrogen and oxygen atoms in total. The summed E-state index contributed by atoms with van der Waals surface area (Å²) < 4.78 is 71.0. The van der Waals surface area contributed by atoms with E-state index in [1.54, 1.807) is 12.1 Å². The van der Waals surface area contributed by atoms with Crippen molar-refractivity contribution < 1.29 is 26.7 Å². The minimum absolute atomic E-state index is 0.0474. The van der Waals surface area contributed by atoms with Crippen molar-refractivity contribution in [1.29, 1.82) is 0 Å². The van der Waals surface area contributed by atoms with Gasteiger partial charge in [0.2, 0.25) is 0 Å². The number of benzene rings is 3. The summed E-state index contributed by atoms with van der Waals surface area (Å²) in [6, 6.07) is 12.5. The number of rotatable bonds is 7. The molecule has 0 bridgehead atoms. The maximum atomic E-state index is 14.9. The second-order valence-corrected chi connectivity index (χ2v) is 9.37. The van der Waals surface area contributed by atoms with Crippen molar-refractivity contribution >= 4 is 10.8 Å². The standard InChI is InChI=1S/C28H29F5O/c1-2-3-18-6-9-21(10-7-18)27-25(29)15-20(16-26(27)30)5-4-19-8-11-23-17-24(34-28(31,32)33)13-12-22(23)14-19/h8,11-18,21H,2-7,9-10H2,1H3. The summed E-state index contributed by atoms with van der Waals surface area (Å²) in [6.45, 7) is 2.17. The monoisotopic (exact) mass is 476 g/mol. The molecule has 1 fully saturated rings. The third-order valence-corrected chi connectivity index (χ3v) is 6.90. The molecule has 0 aliphatic heterocycles. The van der Waals surface area contributed by atoms with Gasteiger partial charge in [-0.25, -0.2) is 8.78 Å². The topological polar surface area (TPSA) is 9.23 Å². The quantitative estimate of drug-likeness (QED) is 0.310. The van der Waals surface area contributed by atoms with E-state index in [0.717, 1.165) is 43.1 Å². The summed E-state index contributed by atoms with van der Waals surface area (Å²) in [4.78, 5) is 0. The van der Waals surface area contributed by atoms with Gasteiger partial charge in [-0.15, -0.1) is 13.2 Å². The predicted octanol–water partition coefficient (Wildman–Crippen LogP) is 8.88. The zero-order valence-corrected chi connectivity index (χ0v) is 19.2. The van der Waals surface area contributed by atoms with Crippen molar-refractivity contribution in [2.75, 3.05) is 0 Å². The summed E-state index contributed by atoms with van der Waals surface area (Å²) in [6.07, 6.45) is 2.38. The van der Waals surface area contributed by atoms with E-state index in [-0.39, 0.29) is 17.2 Å². The van der Waals surface area contributed by atoms with Crippen LogP contribution in [-0.2, 0) is 12.8 Å². The highest BCUT2D eigenvalue weighted by molar-refractivity contribution is 5.84. The molecule has 1 aliphatic rings. The van der Waals surface area contributed by atoms with E-state index in [2.05, 4.69) is 11.7 Å². The Bertz CT molecular complexity index is 1110. The fourth-order valence-electron chi connectivity index (χ4n) is 5.23. The van der Waals surface area contributed by atoms with E-state index in [1.807, 2.05) is 12.1 Å². The predicted molar refractivity (Wildman–Crippen MR) is 124 cm³/mol. The maximum absolute atomic E-state index is 14.9. The molecule has 1 saturated carbocycles. The highest BCUT2D eigenvalue weighted by Gasteiger charge is 2.31. The number of hydrogen-bond acceptors (Lipinski definition) is 1. The van der Waals surface area contributed by atoms with Crippen molar-refractivity contribution in [3.8, 4) is 5.75 Å². The van der Waals surface area contributed by atoms with Gasteiger partial charge < -0.3 is 4.74 Å². The van der Waals surface area contributed by atoms with Crippen LogP contribution in [0.4, 0.5) is 22.0 Å². The molecule has 0 spiro atoms. The number of alkyl halides is 3. The minimum Gasteiger partial charge on any atom is -0.406 e. The molecule has 0 saturated heterocycles. The average molecular weight is 477 g/mol. The van der Waals surface area contributed by atoms with Crippen LogP contribution in [-0.4, -0.2) is 6.36 Å². The number of ether oxygens (including phenoxy) is 1. The second-order valence-electron chi connectivity index (χ2n) is 9.37. The van der Waals surface area contributed by atoms with Crippen LogP contribution < -0.4 is 4.74 Å². The number of halogens is 5. The van der Waals surface area contributed by atoms with Gasteiger partial charge in [0.15, 0.2) is 0 Å². The molecule has 1 aliphatic carbocycles. The van der Waals surface area contributed by atoms with Gasteiger partial charge in [-0.3, -0.25) is 0 Å². The lowest BCUT2D eigenvalue weighted by Crippen LogP contribution is -2.16. The highest BCUT2D eigenvalue weighted by atomic mass is 19.4. The molecule has 0 heterocycles. The molecule has 0 N–H and O–H groups in total. The first-order valence-electron chi connectivity index (χ1n) is 12.0. The van der Waals surface area contributed by atoms with Gasteiger partial charge in [-0.05, 0) is 96.5 Å². The Kier molecular flexibility index (Phi) is 7.44. The van der Waals surface area contributed by atoms with Gasteiger partial charge in [0.05, 0.1) is 0 Å². The Morgan fingerprint density at radius 3 is 2.06 bits per heavy atom. The van der Waals surface area contributed by atoms with Gasteiger partial charge >= 0.3 is 6.36 Å². The van der Waals surface area contributed by atoms with E-state index in [9.17, 15) is 22.0 Å². The van der Waals surface area contributed by atoms with Crippen molar-refractivity contribution in [2.45, 2.75) is 70.6 Å². The molecule has 0 atom stereocenters. The van der Waals surface area contributed by atoms with Crippen LogP contribution in [0.2, 0.25) is 0 Å². The van der Waals surface area contributed by atoms with Crippen LogP contribution in [0.15, 0.2) is 48.5 Å². The molecular formula is C28H29F5O. The molecule has 3 aromatic rings. The lowest BCUT2D eigenvalue weighted by molar-refractivity contribution is -0.274. The third-order valence-electron chi connectivity index (χ3n) is 6.90. The summed E-state index contributed by atoms with van der Waals surface area (Å²) in [5.41, 5.74) is 1.78. The lowest BCUT2D eigenvalue weighted by atomic mass is 9.77. The molecule has 3 aromatic carbocycles. The Morgan fingerprint density at radius 2 is 1.41 bits per heavy atom. The largest absolute Gasteiger partial charge is 0.573 e. The molecule has 34 heavy (non-hydrogen) atoms. The second kappa shape index (κ2) is 10.3. The van der Waals surface area contributed by atoms with E-state index in [4.69, 9.17) is 0 Å². The van der Waals surface area contributed by atoms with Crippen molar-refractivity contribution in [3.05, 3.63) is 76.9 Å². The van der Waals surface area contributed by atoms with Crippen molar-refractivity contribution in [3.63, 3.8) is 0 Å². The van der Waals surface area contributed by atoms with E-state index in [0.29, 0.717) is 29.7 Å². The molecular weight excluding hydrogens is 447 g/mol. The maximum Gasteiger partial charge on any atom is 0.573 e. The third kappa shape index (κ3) is 6.08. The SMILES string of the molecule is CCCC1CCC(c2c(F)cc(CCc3ccc4cc(OC(F)(F)F)ccc4c3)cc2F)CC1. The normalized spacial score (nSPS) is 18.9. The first-order chi connectivity index (χ1) is 16.2. The fraction of sp³-hybridized carbons (Fsp3) is 0.429. The van der Waals surface area contributed by atoms with Crippen LogP contribution in [0.1, 0.15) is 68.1 Å². The van der Waals surface area contributed by atoms with Crippen LogP contribution in [0, 0.1) is 17.6 Å². The Morgan fingerprint density at radius 1 is 0.794 bits per heavy atom. The van der Waals surface area contributed by atoms with Gasteiger partial charge in [0.25, 0.3) is 0 Å². The number of hydrogen-bond donors (Lipinski definition) is 0. The molecule has 0 amide bonds. The molecule has 0 unspecified atom stereocenters. The smallest absolute Gasteiger partial charge is 0.406 e. The number of fused-ring (bicyclic) bond motifs is 1. The summed E-state index contributed by atoms with van der Waals surface area (Å²) in [7, 11) is 0. The van der Waals surface area contributed by atoms with Crippen LogP contribution in [0.5, 0.6) is 5.75 Å². The molecule has 182 valence electrons. The van der Waals surface area contributed by atoms with Crippen molar-refractivity contribution in [2.24, 2.45) is 5.92 Å². The van der Waals surface area contributed by atoms with E-state index < -0.39 is 18.0 Å². The van der Waals surface area contributed by atoms with Crippen LogP contribution in [0.25, 0.3) is 10.8 Å². The number of aryl methyl sites for hydroxylation is 2. The van der Waals surface area contributed by atoms with E-state index in [1.165, 1.54) is 30.7 Å². The Balaban J connectivity index is 1.42. The highest BCUT2D eigenvalue weighted by Crippen LogP contribution is 2.39. The Hall–Kier alpha value is -2.63. The Labute approximate surface area is 196 Å². The summed E-state index contributed by atoms with van der Waals surface area (Å²) >= 11 is 0. The summed E-state index contributed by atoms with van der Waals surface area (Å²) in [5, 5.41) is 1.40. The first-order valence-corrected chi connectivity index (χ1v) is 12.0. The van der Waals surface area contributed by atoms with Crippen LogP contribution >= 0.6 is 0 Å². The van der Waals surface area contributed by atoms with Gasteiger partial charge in [0, 0.05) is 5.56 Å². The van der Waals surface area contributed by atoms with Gasteiger partial charge in [-0.2, -0.15) is 0 Å². The van der Waals surface area contributed by atoms with Gasteiger partial charge in [0.1, 0.15) is 17.4 Å². The van der Waals surface area contributed by atoms with Gasteiger partial charge in [-0.1, -0.05) is 44.0 Å². The fourth-order valence-corrected chi connectivity index (χ4v) is 5.23. The minimum atomic E-state index is -4.73. The van der Waals surface area contributed by atoms with E-state index >= 15 is 0 Å². The zero-order chi connectivity index (χ0) is 24.3. The zero-order valence-electron chi connectivity index (χ0n) is 19.2. The average Bonchev–Trinajstić information content (AvgIpc) is 2.77. The molecule has 0 radical (unpaired) electrons. The first kappa shape index (κ1) is 24.5. The molecule has 6 heteroatoms. The lowest BCUT2D eigenvalue weighted by Gasteiger charge is -2.29. The molecule has 0 aromatic heterocycles.